The van der Waals surface area contributed by atoms with Crippen molar-refractivity contribution in [2.45, 2.75) is 25.8 Å². The number of methoxy groups -OCH3 is 1. The van der Waals surface area contributed by atoms with Crippen molar-refractivity contribution >= 4 is 15.9 Å². The van der Waals surface area contributed by atoms with Crippen LogP contribution in [0.25, 0.3) is 0 Å². The molecule has 0 aromatic heterocycles. The third kappa shape index (κ3) is 2.98. The number of hydrogen-bond donors (Lipinski definition) is 1. The highest BCUT2D eigenvalue weighted by atomic mass is 79.9. The lowest BCUT2D eigenvalue weighted by atomic mass is 10.1. The second-order valence-electron chi connectivity index (χ2n) is 4.44. The lowest BCUT2D eigenvalue weighted by Crippen LogP contribution is -3.11. The van der Waals surface area contributed by atoms with E-state index < -0.39 is 0 Å². The van der Waals surface area contributed by atoms with Crippen LogP contribution in [0.3, 0.4) is 0 Å². The van der Waals surface area contributed by atoms with Crippen LogP contribution in [0.1, 0.15) is 24.8 Å². The van der Waals surface area contributed by atoms with Crippen molar-refractivity contribution < 1.29 is 9.64 Å². The lowest BCUT2D eigenvalue weighted by Gasteiger charge is -2.24. The third-order valence-electron chi connectivity index (χ3n) is 3.24. The van der Waals surface area contributed by atoms with E-state index in [0.29, 0.717) is 0 Å². The van der Waals surface area contributed by atoms with Gasteiger partial charge in [-0.05, 0) is 37.5 Å². The first-order valence-electron chi connectivity index (χ1n) is 5.95. The van der Waals surface area contributed by atoms with Gasteiger partial charge in [-0.2, -0.15) is 0 Å². The van der Waals surface area contributed by atoms with Crippen LogP contribution in [0.2, 0.25) is 0 Å². The summed E-state index contributed by atoms with van der Waals surface area (Å²) < 4.78 is 6.55. The Morgan fingerprint density at radius 3 is 2.69 bits per heavy atom. The van der Waals surface area contributed by atoms with Gasteiger partial charge in [0.2, 0.25) is 0 Å². The standard InChI is InChI=1S/C13H18BrNO/c1-16-13-6-5-12(14)9-11(13)10-15-7-3-2-4-8-15/h5-6,9H,2-4,7-8,10H2,1H3/p+1. The van der Waals surface area contributed by atoms with E-state index in [1.54, 1.807) is 12.0 Å². The molecule has 1 heterocycles. The lowest BCUT2D eigenvalue weighted by molar-refractivity contribution is -0.918. The highest BCUT2D eigenvalue weighted by Crippen LogP contribution is 2.22. The van der Waals surface area contributed by atoms with Crippen molar-refractivity contribution in [2.75, 3.05) is 20.2 Å². The third-order valence-corrected chi connectivity index (χ3v) is 3.74. The topological polar surface area (TPSA) is 13.7 Å². The van der Waals surface area contributed by atoms with Crippen LogP contribution in [-0.4, -0.2) is 20.2 Å². The van der Waals surface area contributed by atoms with Crippen LogP contribution >= 0.6 is 15.9 Å². The summed E-state index contributed by atoms with van der Waals surface area (Å²) in [5.41, 5.74) is 1.31. The Morgan fingerprint density at radius 1 is 1.25 bits per heavy atom. The molecule has 0 atom stereocenters. The molecule has 1 saturated heterocycles. The van der Waals surface area contributed by atoms with Gasteiger partial charge in [0.1, 0.15) is 12.3 Å². The summed E-state index contributed by atoms with van der Waals surface area (Å²) in [7, 11) is 1.75. The minimum Gasteiger partial charge on any atom is -0.496 e. The van der Waals surface area contributed by atoms with Crippen LogP contribution in [-0.2, 0) is 6.54 Å². The van der Waals surface area contributed by atoms with Crippen molar-refractivity contribution in [3.63, 3.8) is 0 Å². The predicted molar refractivity (Wildman–Crippen MR) is 68.9 cm³/mol. The summed E-state index contributed by atoms with van der Waals surface area (Å²) >= 11 is 3.53. The monoisotopic (exact) mass is 284 g/mol. The Bertz CT molecular complexity index is 348. The Morgan fingerprint density at radius 2 is 2.00 bits per heavy atom. The average molecular weight is 285 g/mol. The number of piperidine rings is 1. The molecule has 0 aliphatic carbocycles. The number of rotatable bonds is 3. The normalized spacial score (nSPS) is 17.4. The maximum atomic E-state index is 5.41. The highest BCUT2D eigenvalue weighted by Gasteiger charge is 2.16. The quantitative estimate of drug-likeness (QED) is 0.897. The first kappa shape index (κ1) is 11.9. The van der Waals surface area contributed by atoms with Gasteiger partial charge in [0.15, 0.2) is 0 Å². The molecular weight excluding hydrogens is 266 g/mol. The minimum atomic E-state index is 1.02. The Kier molecular flexibility index (Phi) is 4.24. The van der Waals surface area contributed by atoms with Crippen molar-refractivity contribution in [2.24, 2.45) is 0 Å². The number of nitrogens with one attached hydrogen (secondary N) is 1. The number of likely N-dealkylation sites (tertiary alicyclic amines) is 1. The fraction of sp³-hybridized carbons (Fsp3) is 0.538. The number of hydrogen-bond acceptors (Lipinski definition) is 1. The highest BCUT2D eigenvalue weighted by molar-refractivity contribution is 9.10. The molecule has 1 fully saturated rings. The Balaban J connectivity index is 2.09. The van der Waals surface area contributed by atoms with E-state index in [1.165, 1.54) is 37.9 Å². The van der Waals surface area contributed by atoms with E-state index >= 15 is 0 Å². The summed E-state index contributed by atoms with van der Waals surface area (Å²) in [5.74, 6) is 1.02. The average Bonchev–Trinajstić information content (AvgIpc) is 2.31. The molecule has 1 aliphatic rings. The number of halogens is 1. The van der Waals surface area contributed by atoms with Crippen LogP contribution in [0, 0.1) is 0 Å². The van der Waals surface area contributed by atoms with E-state index in [4.69, 9.17) is 4.74 Å². The molecule has 1 aliphatic heterocycles. The second-order valence-corrected chi connectivity index (χ2v) is 5.36. The fourth-order valence-electron chi connectivity index (χ4n) is 2.38. The molecule has 2 rings (SSSR count). The molecule has 1 N–H and O–H groups in total. The zero-order valence-electron chi connectivity index (χ0n) is 9.76. The molecular formula is C13H19BrNO+. The molecule has 16 heavy (non-hydrogen) atoms. The maximum Gasteiger partial charge on any atom is 0.127 e. The molecule has 0 bridgehead atoms. The first-order valence-corrected chi connectivity index (χ1v) is 6.75. The van der Waals surface area contributed by atoms with Gasteiger partial charge in [-0.25, -0.2) is 0 Å². The van der Waals surface area contributed by atoms with Crippen molar-refractivity contribution in [3.8, 4) is 5.75 Å². The van der Waals surface area contributed by atoms with E-state index in [9.17, 15) is 0 Å². The number of quaternary nitrogens is 1. The molecule has 3 heteroatoms. The number of benzene rings is 1. The van der Waals surface area contributed by atoms with Gasteiger partial charge < -0.3 is 9.64 Å². The van der Waals surface area contributed by atoms with Crippen molar-refractivity contribution in [1.82, 2.24) is 0 Å². The summed E-state index contributed by atoms with van der Waals surface area (Å²) in [4.78, 5) is 1.68. The first-order chi connectivity index (χ1) is 7.79. The molecule has 1 aromatic rings. The van der Waals surface area contributed by atoms with Gasteiger partial charge in [-0.1, -0.05) is 15.9 Å². The SMILES string of the molecule is COc1ccc(Br)cc1C[NH+]1CCCCC1. The van der Waals surface area contributed by atoms with Crippen molar-refractivity contribution in [3.05, 3.63) is 28.2 Å². The van der Waals surface area contributed by atoms with Crippen molar-refractivity contribution in [1.29, 1.82) is 0 Å². The molecule has 88 valence electrons. The number of ether oxygens (including phenoxy) is 1. The predicted octanol–water partition coefficient (Wildman–Crippen LogP) is 2.03. The molecule has 2 nitrogen and oxygen atoms in total. The minimum absolute atomic E-state index is 1.02. The molecule has 0 amide bonds. The van der Waals surface area contributed by atoms with Gasteiger partial charge in [0, 0.05) is 10.0 Å². The molecule has 0 radical (unpaired) electrons. The zero-order chi connectivity index (χ0) is 11.4. The summed E-state index contributed by atoms with van der Waals surface area (Å²) in [6.07, 6.45) is 4.14. The van der Waals surface area contributed by atoms with E-state index in [-0.39, 0.29) is 0 Å². The second kappa shape index (κ2) is 5.69. The van der Waals surface area contributed by atoms with E-state index in [0.717, 1.165) is 16.8 Å². The summed E-state index contributed by atoms with van der Waals surface area (Å²) in [6, 6.07) is 6.26. The molecule has 1 aromatic carbocycles. The fourth-order valence-corrected chi connectivity index (χ4v) is 2.79. The van der Waals surface area contributed by atoms with Gasteiger partial charge >= 0.3 is 0 Å². The van der Waals surface area contributed by atoms with Crippen LogP contribution in [0.5, 0.6) is 5.75 Å². The molecule has 0 spiro atoms. The van der Waals surface area contributed by atoms with Gasteiger partial charge in [-0.15, -0.1) is 0 Å². The van der Waals surface area contributed by atoms with Crippen LogP contribution in [0.4, 0.5) is 0 Å². The summed E-state index contributed by atoms with van der Waals surface area (Å²) in [5, 5.41) is 0. The Labute approximate surface area is 106 Å². The van der Waals surface area contributed by atoms with E-state index in [2.05, 4.69) is 22.0 Å². The Hall–Kier alpha value is -0.540. The van der Waals surface area contributed by atoms with Crippen LogP contribution in [0.15, 0.2) is 22.7 Å². The maximum absolute atomic E-state index is 5.41. The molecule has 0 unspecified atom stereocenters. The summed E-state index contributed by atoms with van der Waals surface area (Å²) in [6.45, 7) is 3.69. The largest absolute Gasteiger partial charge is 0.496 e. The van der Waals surface area contributed by atoms with Gasteiger partial charge in [0.05, 0.1) is 20.2 Å². The van der Waals surface area contributed by atoms with Gasteiger partial charge in [-0.3, -0.25) is 0 Å². The molecule has 0 saturated carbocycles. The van der Waals surface area contributed by atoms with Crippen LogP contribution < -0.4 is 9.64 Å². The zero-order valence-corrected chi connectivity index (χ0v) is 11.3. The van der Waals surface area contributed by atoms with Gasteiger partial charge in [0.25, 0.3) is 0 Å². The smallest absolute Gasteiger partial charge is 0.127 e. The van der Waals surface area contributed by atoms with E-state index in [1.807, 2.05) is 12.1 Å².